The maximum atomic E-state index is 11.1. The van der Waals surface area contributed by atoms with E-state index in [1.165, 1.54) is 17.5 Å². The van der Waals surface area contributed by atoms with Crippen LogP contribution in [-0.4, -0.2) is 18.3 Å². The molecular weight excluding hydrogens is 222 g/mol. The summed E-state index contributed by atoms with van der Waals surface area (Å²) in [5.74, 6) is 0.427. The van der Waals surface area contributed by atoms with Crippen LogP contribution in [0.5, 0.6) is 0 Å². The average Bonchev–Trinajstić information content (AvgIpc) is 2.35. The second-order valence-electron chi connectivity index (χ2n) is 4.23. The molecule has 0 spiro atoms. The fraction of sp³-hybridized carbons (Fsp3) is 0.462. The molecule has 3 heteroatoms. The molecule has 0 aliphatic heterocycles. The Balaban J connectivity index is 2.04. The van der Waals surface area contributed by atoms with Gasteiger partial charge in [-0.2, -0.15) is 0 Å². The topological polar surface area (TPSA) is 29.1 Å². The van der Waals surface area contributed by atoms with Crippen molar-refractivity contribution in [1.82, 2.24) is 5.32 Å². The first-order valence-corrected chi connectivity index (χ1v) is 6.25. The molecule has 1 aliphatic carbocycles. The summed E-state index contributed by atoms with van der Waals surface area (Å²) < 4.78 is 0. The molecule has 0 saturated heterocycles. The zero-order valence-corrected chi connectivity index (χ0v) is 9.96. The molecule has 0 bridgehead atoms. The quantitative estimate of drug-likeness (QED) is 0.804. The number of carbonyl (C=O) groups excluding carboxylic acids is 1. The summed E-state index contributed by atoms with van der Waals surface area (Å²) in [6, 6.07) is 8.51. The summed E-state index contributed by atoms with van der Waals surface area (Å²) in [5, 5.41) is 2.87. The highest BCUT2D eigenvalue weighted by Gasteiger charge is 2.19. The van der Waals surface area contributed by atoms with Crippen LogP contribution in [0.15, 0.2) is 24.3 Å². The number of amides is 1. The number of fused-ring (bicyclic) bond motifs is 1. The van der Waals surface area contributed by atoms with Crippen molar-refractivity contribution in [3.8, 4) is 0 Å². The highest BCUT2D eigenvalue weighted by atomic mass is 35.5. The molecule has 0 heterocycles. The van der Waals surface area contributed by atoms with Crippen molar-refractivity contribution in [2.24, 2.45) is 0 Å². The van der Waals surface area contributed by atoms with Gasteiger partial charge < -0.3 is 5.32 Å². The van der Waals surface area contributed by atoms with Gasteiger partial charge in [0.25, 0.3) is 0 Å². The predicted molar refractivity (Wildman–Crippen MR) is 65.9 cm³/mol. The molecular formula is C13H16ClNO. The van der Waals surface area contributed by atoms with Crippen molar-refractivity contribution in [1.29, 1.82) is 0 Å². The molecule has 1 unspecified atom stereocenters. The highest BCUT2D eigenvalue weighted by Crippen LogP contribution is 2.30. The van der Waals surface area contributed by atoms with E-state index in [2.05, 4.69) is 29.6 Å². The van der Waals surface area contributed by atoms with Crippen LogP contribution in [0, 0.1) is 0 Å². The summed E-state index contributed by atoms with van der Waals surface area (Å²) in [6.07, 6.45) is 3.52. The number of hydrogen-bond donors (Lipinski definition) is 1. The van der Waals surface area contributed by atoms with Crippen molar-refractivity contribution < 1.29 is 4.79 Å². The van der Waals surface area contributed by atoms with Gasteiger partial charge in [-0.3, -0.25) is 4.79 Å². The van der Waals surface area contributed by atoms with Crippen molar-refractivity contribution >= 4 is 17.5 Å². The molecule has 16 heavy (non-hydrogen) atoms. The summed E-state index contributed by atoms with van der Waals surface area (Å²) in [4.78, 5) is 11.1. The lowest BCUT2D eigenvalue weighted by Gasteiger charge is -2.25. The van der Waals surface area contributed by atoms with E-state index in [1.54, 1.807) is 0 Å². The van der Waals surface area contributed by atoms with Gasteiger partial charge in [-0.1, -0.05) is 24.3 Å². The van der Waals surface area contributed by atoms with Crippen LogP contribution < -0.4 is 5.32 Å². The lowest BCUT2D eigenvalue weighted by Crippen LogP contribution is -2.30. The van der Waals surface area contributed by atoms with E-state index in [1.807, 2.05) is 0 Å². The molecule has 1 amide bonds. The highest BCUT2D eigenvalue weighted by molar-refractivity contribution is 6.27. The molecule has 0 aromatic heterocycles. The van der Waals surface area contributed by atoms with E-state index in [0.29, 0.717) is 12.5 Å². The first-order valence-electron chi connectivity index (χ1n) is 5.71. The molecule has 2 rings (SSSR count). The van der Waals surface area contributed by atoms with Crippen LogP contribution in [0.2, 0.25) is 0 Å². The number of halogens is 1. The SMILES string of the molecule is O=C(CCl)NCC1CCCc2ccccc21. The Bertz CT molecular complexity index is 378. The van der Waals surface area contributed by atoms with E-state index in [0.717, 1.165) is 12.8 Å². The van der Waals surface area contributed by atoms with Gasteiger partial charge >= 0.3 is 0 Å². The van der Waals surface area contributed by atoms with Gasteiger partial charge in [0, 0.05) is 12.5 Å². The minimum absolute atomic E-state index is 0.0500. The van der Waals surface area contributed by atoms with Gasteiger partial charge in [-0.05, 0) is 30.4 Å². The Kier molecular flexibility index (Phi) is 3.83. The van der Waals surface area contributed by atoms with Crippen LogP contribution in [0.4, 0.5) is 0 Å². The lowest BCUT2D eigenvalue weighted by molar-refractivity contribution is -0.118. The van der Waals surface area contributed by atoms with Crippen LogP contribution in [0.1, 0.15) is 29.9 Å². The Morgan fingerprint density at radius 3 is 3.06 bits per heavy atom. The second kappa shape index (κ2) is 5.35. The van der Waals surface area contributed by atoms with Gasteiger partial charge in [0.1, 0.15) is 5.88 Å². The predicted octanol–water partition coefficient (Wildman–Crippen LogP) is 2.46. The molecule has 86 valence electrons. The number of hydrogen-bond acceptors (Lipinski definition) is 1. The van der Waals surface area contributed by atoms with Gasteiger partial charge in [-0.15, -0.1) is 11.6 Å². The van der Waals surface area contributed by atoms with E-state index >= 15 is 0 Å². The summed E-state index contributed by atoms with van der Waals surface area (Å²) >= 11 is 5.46. The van der Waals surface area contributed by atoms with Crippen LogP contribution in [0.3, 0.4) is 0 Å². The van der Waals surface area contributed by atoms with Crippen molar-refractivity contribution in [3.63, 3.8) is 0 Å². The Morgan fingerprint density at radius 2 is 2.25 bits per heavy atom. The van der Waals surface area contributed by atoms with Crippen LogP contribution in [-0.2, 0) is 11.2 Å². The minimum atomic E-state index is -0.0790. The fourth-order valence-corrected chi connectivity index (χ4v) is 2.45. The minimum Gasteiger partial charge on any atom is -0.354 e. The molecule has 1 aromatic rings. The molecule has 0 saturated carbocycles. The Morgan fingerprint density at radius 1 is 1.44 bits per heavy atom. The molecule has 1 aromatic carbocycles. The van der Waals surface area contributed by atoms with Gasteiger partial charge in [-0.25, -0.2) is 0 Å². The number of carbonyl (C=O) groups is 1. The number of aryl methyl sites for hydroxylation is 1. The monoisotopic (exact) mass is 237 g/mol. The van der Waals surface area contributed by atoms with Crippen molar-refractivity contribution in [3.05, 3.63) is 35.4 Å². The third-order valence-electron chi connectivity index (χ3n) is 3.16. The van der Waals surface area contributed by atoms with Gasteiger partial charge in [0.15, 0.2) is 0 Å². The summed E-state index contributed by atoms with van der Waals surface area (Å²) in [5.41, 5.74) is 2.82. The first-order chi connectivity index (χ1) is 7.81. The molecule has 0 radical (unpaired) electrons. The molecule has 2 nitrogen and oxygen atoms in total. The zero-order valence-electron chi connectivity index (χ0n) is 9.21. The number of alkyl halides is 1. The first kappa shape index (κ1) is 11.5. The molecule has 1 atom stereocenters. The number of nitrogens with one attached hydrogen (secondary N) is 1. The molecule has 1 aliphatic rings. The van der Waals surface area contributed by atoms with Gasteiger partial charge in [0.2, 0.25) is 5.91 Å². The lowest BCUT2D eigenvalue weighted by atomic mass is 9.83. The largest absolute Gasteiger partial charge is 0.354 e. The van der Waals surface area contributed by atoms with Crippen molar-refractivity contribution in [2.75, 3.05) is 12.4 Å². The summed E-state index contributed by atoms with van der Waals surface area (Å²) in [7, 11) is 0. The van der Waals surface area contributed by atoms with E-state index < -0.39 is 0 Å². The van der Waals surface area contributed by atoms with Crippen molar-refractivity contribution in [2.45, 2.75) is 25.2 Å². The van der Waals surface area contributed by atoms with Crippen LogP contribution >= 0.6 is 11.6 Å². The Hall–Kier alpha value is -1.02. The van der Waals surface area contributed by atoms with Gasteiger partial charge in [0.05, 0.1) is 0 Å². The fourth-order valence-electron chi connectivity index (χ4n) is 2.35. The van der Waals surface area contributed by atoms with Crippen LogP contribution in [0.25, 0.3) is 0 Å². The third-order valence-corrected chi connectivity index (χ3v) is 3.40. The molecule has 0 fully saturated rings. The summed E-state index contributed by atoms with van der Waals surface area (Å²) in [6.45, 7) is 0.711. The zero-order chi connectivity index (χ0) is 11.4. The number of rotatable bonds is 3. The van der Waals surface area contributed by atoms with E-state index in [-0.39, 0.29) is 11.8 Å². The maximum absolute atomic E-state index is 11.1. The molecule has 1 N–H and O–H groups in total. The smallest absolute Gasteiger partial charge is 0.234 e. The van der Waals surface area contributed by atoms with E-state index in [4.69, 9.17) is 11.6 Å². The van der Waals surface area contributed by atoms with E-state index in [9.17, 15) is 4.79 Å². The second-order valence-corrected chi connectivity index (χ2v) is 4.49. The standard InChI is InChI=1S/C13H16ClNO/c14-8-13(16)15-9-11-6-3-5-10-4-1-2-7-12(10)11/h1-2,4,7,11H,3,5-6,8-9H2,(H,15,16). The average molecular weight is 238 g/mol. The Labute approximate surface area is 101 Å². The maximum Gasteiger partial charge on any atom is 0.234 e. The normalized spacial score (nSPS) is 18.9. The third kappa shape index (κ3) is 2.56. The number of benzene rings is 1.